The Morgan fingerprint density at radius 2 is 1.42 bits per heavy atom. The number of benzene rings is 2. The van der Waals surface area contributed by atoms with Gasteiger partial charge in [-0.1, -0.05) is 24.3 Å². The molecule has 2 N–H and O–H groups in total. The Morgan fingerprint density at radius 1 is 0.875 bits per heavy atom. The molecule has 0 aliphatic rings. The maximum atomic E-state index is 10.1. The van der Waals surface area contributed by atoms with Crippen molar-refractivity contribution in [2.45, 2.75) is 38.4 Å². The Balaban J connectivity index is 2.50. The summed E-state index contributed by atoms with van der Waals surface area (Å²) < 4.78 is 16.8. The molecule has 2 atom stereocenters. The van der Waals surface area contributed by atoms with E-state index in [1.807, 2.05) is 24.3 Å². The van der Waals surface area contributed by atoms with E-state index >= 15 is 0 Å². The molecule has 0 radical (unpaired) electrons. The molecule has 0 aromatic heterocycles. The van der Waals surface area contributed by atoms with E-state index in [2.05, 4.69) is 0 Å². The van der Waals surface area contributed by atoms with E-state index < -0.39 is 12.2 Å². The molecule has 5 nitrogen and oxygen atoms in total. The predicted molar refractivity (Wildman–Crippen MR) is 94.2 cm³/mol. The fraction of sp³-hybridized carbons (Fsp3) is 0.474. The lowest BCUT2D eigenvalue weighted by molar-refractivity contribution is 0.0852. The van der Waals surface area contributed by atoms with E-state index in [1.165, 1.54) is 0 Å². The highest BCUT2D eigenvalue weighted by Crippen LogP contribution is 2.46. The standard InChI is InChI=1S/C19H26O5/c1-12(20)11-13(21)9-10-16-17(22-2)14-7-5-6-8-15(14)18(23-3)19(16)24-4/h5-8,12-13,20-21H,9-11H2,1-4H3. The average Bonchev–Trinajstić information content (AvgIpc) is 2.57. The third-order valence-electron chi connectivity index (χ3n) is 4.12. The van der Waals surface area contributed by atoms with Crippen molar-refractivity contribution >= 4 is 10.8 Å². The summed E-state index contributed by atoms with van der Waals surface area (Å²) in [6, 6.07) is 7.83. The Kier molecular flexibility index (Phi) is 6.29. The van der Waals surface area contributed by atoms with Crippen LogP contribution in [0.3, 0.4) is 0 Å². The molecule has 0 heterocycles. The first kappa shape index (κ1) is 18.4. The van der Waals surface area contributed by atoms with Gasteiger partial charge in [0.25, 0.3) is 0 Å². The van der Waals surface area contributed by atoms with Crippen molar-refractivity contribution in [3.8, 4) is 17.2 Å². The van der Waals surface area contributed by atoms with Crippen LogP contribution in [0.5, 0.6) is 17.2 Å². The molecule has 2 aromatic carbocycles. The number of hydrogen-bond acceptors (Lipinski definition) is 5. The average molecular weight is 334 g/mol. The lowest BCUT2D eigenvalue weighted by atomic mass is 9.97. The molecule has 0 spiro atoms. The second-order valence-electron chi connectivity index (χ2n) is 5.90. The number of rotatable bonds is 8. The first-order valence-corrected chi connectivity index (χ1v) is 8.09. The van der Waals surface area contributed by atoms with Gasteiger partial charge in [-0.2, -0.15) is 0 Å². The number of methoxy groups -OCH3 is 3. The summed E-state index contributed by atoms with van der Waals surface area (Å²) in [5, 5.41) is 21.4. The van der Waals surface area contributed by atoms with Crippen LogP contribution in [0.1, 0.15) is 25.3 Å². The van der Waals surface area contributed by atoms with Crippen LogP contribution in [0.25, 0.3) is 10.8 Å². The molecule has 132 valence electrons. The van der Waals surface area contributed by atoms with Gasteiger partial charge in [-0.15, -0.1) is 0 Å². The summed E-state index contributed by atoms with van der Waals surface area (Å²) in [6.07, 6.45) is 0.280. The molecule has 0 bridgehead atoms. The zero-order chi connectivity index (χ0) is 17.7. The third-order valence-corrected chi connectivity index (χ3v) is 4.12. The Bertz CT molecular complexity index is 681. The lowest BCUT2D eigenvalue weighted by Crippen LogP contribution is -2.16. The van der Waals surface area contributed by atoms with E-state index in [-0.39, 0.29) is 0 Å². The SMILES string of the molecule is COc1c(CCC(O)CC(C)O)c(OC)c2ccccc2c1OC. The van der Waals surface area contributed by atoms with Crippen molar-refractivity contribution in [2.75, 3.05) is 21.3 Å². The van der Waals surface area contributed by atoms with Gasteiger partial charge in [0.1, 0.15) is 5.75 Å². The van der Waals surface area contributed by atoms with E-state index in [9.17, 15) is 10.2 Å². The highest BCUT2D eigenvalue weighted by Gasteiger charge is 2.22. The minimum Gasteiger partial charge on any atom is -0.496 e. The predicted octanol–water partition coefficient (Wildman–Crippen LogP) is 2.93. The second-order valence-corrected chi connectivity index (χ2v) is 5.90. The van der Waals surface area contributed by atoms with Gasteiger partial charge in [0.05, 0.1) is 33.5 Å². The zero-order valence-electron chi connectivity index (χ0n) is 14.7. The largest absolute Gasteiger partial charge is 0.496 e. The molecular weight excluding hydrogens is 308 g/mol. The topological polar surface area (TPSA) is 68.2 Å². The molecule has 0 aliphatic carbocycles. The van der Waals surface area contributed by atoms with Crippen molar-refractivity contribution in [1.29, 1.82) is 0 Å². The molecule has 0 saturated carbocycles. The van der Waals surface area contributed by atoms with Gasteiger partial charge in [0.2, 0.25) is 0 Å². The summed E-state index contributed by atoms with van der Waals surface area (Å²) >= 11 is 0. The molecular formula is C19H26O5. The van der Waals surface area contributed by atoms with Crippen LogP contribution in [-0.4, -0.2) is 43.8 Å². The van der Waals surface area contributed by atoms with Crippen molar-refractivity contribution < 1.29 is 24.4 Å². The molecule has 0 aliphatic heterocycles. The first-order valence-electron chi connectivity index (χ1n) is 8.09. The second kappa shape index (κ2) is 8.22. The molecule has 0 saturated heterocycles. The number of fused-ring (bicyclic) bond motifs is 1. The van der Waals surface area contributed by atoms with Crippen LogP contribution in [0.4, 0.5) is 0 Å². The lowest BCUT2D eigenvalue weighted by Gasteiger charge is -2.20. The van der Waals surface area contributed by atoms with Crippen LogP contribution in [0.2, 0.25) is 0 Å². The van der Waals surface area contributed by atoms with Crippen LogP contribution in [-0.2, 0) is 6.42 Å². The van der Waals surface area contributed by atoms with Crippen molar-refractivity contribution in [3.05, 3.63) is 29.8 Å². The number of aliphatic hydroxyl groups is 2. The minimum absolute atomic E-state index is 0.343. The monoisotopic (exact) mass is 334 g/mol. The molecule has 0 fully saturated rings. The van der Waals surface area contributed by atoms with E-state index in [4.69, 9.17) is 14.2 Å². The van der Waals surface area contributed by atoms with Crippen LogP contribution < -0.4 is 14.2 Å². The Hall–Kier alpha value is -1.98. The van der Waals surface area contributed by atoms with Crippen LogP contribution in [0.15, 0.2) is 24.3 Å². The van der Waals surface area contributed by atoms with Crippen molar-refractivity contribution in [3.63, 3.8) is 0 Å². The summed E-state index contributed by atoms with van der Waals surface area (Å²) in [4.78, 5) is 0. The van der Waals surface area contributed by atoms with Crippen LogP contribution in [0, 0.1) is 0 Å². The highest BCUT2D eigenvalue weighted by molar-refractivity contribution is 5.97. The number of hydrogen-bond donors (Lipinski definition) is 2. The molecule has 2 unspecified atom stereocenters. The zero-order valence-corrected chi connectivity index (χ0v) is 14.7. The van der Waals surface area contributed by atoms with Gasteiger partial charge < -0.3 is 24.4 Å². The van der Waals surface area contributed by atoms with E-state index in [0.29, 0.717) is 30.8 Å². The quantitative estimate of drug-likeness (QED) is 0.777. The summed E-state index contributed by atoms with van der Waals surface area (Å²) in [5.74, 6) is 2.01. The Labute approximate surface area is 142 Å². The fourth-order valence-electron chi connectivity index (χ4n) is 3.11. The fourth-order valence-corrected chi connectivity index (χ4v) is 3.11. The van der Waals surface area contributed by atoms with Crippen molar-refractivity contribution in [2.24, 2.45) is 0 Å². The molecule has 2 aromatic rings. The number of aliphatic hydroxyl groups excluding tert-OH is 2. The maximum absolute atomic E-state index is 10.1. The highest BCUT2D eigenvalue weighted by atomic mass is 16.5. The van der Waals surface area contributed by atoms with Gasteiger partial charge in [0.15, 0.2) is 11.5 Å². The van der Waals surface area contributed by atoms with Crippen molar-refractivity contribution in [1.82, 2.24) is 0 Å². The summed E-state index contributed by atoms with van der Waals surface area (Å²) in [6.45, 7) is 1.67. The Morgan fingerprint density at radius 3 is 1.92 bits per heavy atom. The molecule has 0 amide bonds. The maximum Gasteiger partial charge on any atom is 0.169 e. The van der Waals surface area contributed by atoms with Gasteiger partial charge in [-0.3, -0.25) is 0 Å². The van der Waals surface area contributed by atoms with E-state index in [0.717, 1.165) is 22.1 Å². The van der Waals surface area contributed by atoms with Crippen LogP contribution >= 0.6 is 0 Å². The number of ether oxygens (including phenoxy) is 3. The van der Waals surface area contributed by atoms with Gasteiger partial charge in [-0.25, -0.2) is 0 Å². The van der Waals surface area contributed by atoms with E-state index in [1.54, 1.807) is 28.3 Å². The smallest absolute Gasteiger partial charge is 0.169 e. The summed E-state index contributed by atoms with van der Waals surface area (Å²) in [7, 11) is 4.84. The molecule has 5 heteroatoms. The molecule has 2 rings (SSSR count). The minimum atomic E-state index is -0.586. The first-order chi connectivity index (χ1) is 11.5. The van der Waals surface area contributed by atoms with Gasteiger partial charge in [-0.05, 0) is 26.2 Å². The molecule has 24 heavy (non-hydrogen) atoms. The third kappa shape index (κ3) is 3.74. The summed E-state index contributed by atoms with van der Waals surface area (Å²) in [5.41, 5.74) is 0.861. The van der Waals surface area contributed by atoms with Gasteiger partial charge in [0, 0.05) is 16.3 Å². The normalized spacial score (nSPS) is 13.6. The van der Waals surface area contributed by atoms with Gasteiger partial charge >= 0.3 is 0 Å².